The lowest BCUT2D eigenvalue weighted by Crippen LogP contribution is -2.43. The van der Waals surface area contributed by atoms with E-state index in [1.165, 1.54) is 0 Å². The van der Waals surface area contributed by atoms with Gasteiger partial charge in [0.05, 0.1) is 0 Å². The van der Waals surface area contributed by atoms with Crippen molar-refractivity contribution in [2.45, 2.75) is 52.6 Å². The van der Waals surface area contributed by atoms with Crippen LogP contribution in [0, 0.1) is 0 Å². The summed E-state index contributed by atoms with van der Waals surface area (Å²) in [6.45, 7) is 11.3. The fraction of sp³-hybridized carbons (Fsp3) is 0.500. The molecule has 122 valence electrons. The van der Waals surface area contributed by atoms with Crippen molar-refractivity contribution in [3.05, 3.63) is 24.3 Å². The molecule has 0 atom stereocenters. The van der Waals surface area contributed by atoms with Crippen LogP contribution in [0.2, 0.25) is 0 Å². The van der Waals surface area contributed by atoms with Crippen LogP contribution in [-0.4, -0.2) is 23.2 Å². The zero-order valence-corrected chi connectivity index (χ0v) is 14.0. The topological polar surface area (TPSA) is 79.5 Å². The summed E-state index contributed by atoms with van der Waals surface area (Å²) >= 11 is 0. The van der Waals surface area contributed by atoms with Gasteiger partial charge >= 0.3 is 12.1 Å². The average Bonchev–Trinajstić information content (AvgIpc) is 2.22. The predicted octanol–water partition coefficient (Wildman–Crippen LogP) is 3.49. The number of ether oxygens (including phenoxy) is 1. The molecule has 0 aromatic heterocycles. The first kappa shape index (κ1) is 17.8. The number of amides is 3. The third-order valence-electron chi connectivity index (χ3n) is 2.27. The molecule has 0 unspecified atom stereocenters. The van der Waals surface area contributed by atoms with Gasteiger partial charge in [-0.3, -0.25) is 0 Å². The van der Waals surface area contributed by atoms with E-state index in [0.717, 1.165) is 0 Å². The first-order chi connectivity index (χ1) is 9.94. The summed E-state index contributed by atoms with van der Waals surface area (Å²) in [5.74, 6) is 0.357. The van der Waals surface area contributed by atoms with Gasteiger partial charge < -0.3 is 20.7 Å². The van der Waals surface area contributed by atoms with Crippen LogP contribution in [0.3, 0.4) is 0 Å². The van der Waals surface area contributed by atoms with Gasteiger partial charge in [0.25, 0.3) is 0 Å². The maximum atomic E-state index is 11.8. The number of hydrogen-bond acceptors (Lipinski definition) is 3. The van der Waals surface area contributed by atoms with Crippen molar-refractivity contribution in [1.82, 2.24) is 10.6 Å². The SMILES string of the molecule is CC(C)(C)NC(=O)Nc1cccc(OC(=O)NC(C)(C)C)c1. The first-order valence-corrected chi connectivity index (χ1v) is 7.14. The zero-order chi connectivity index (χ0) is 17.0. The van der Waals surface area contributed by atoms with Crippen molar-refractivity contribution in [3.8, 4) is 5.75 Å². The first-order valence-electron chi connectivity index (χ1n) is 7.14. The minimum atomic E-state index is -0.538. The van der Waals surface area contributed by atoms with E-state index in [1.54, 1.807) is 24.3 Å². The van der Waals surface area contributed by atoms with Crippen molar-refractivity contribution < 1.29 is 14.3 Å². The van der Waals surface area contributed by atoms with E-state index in [-0.39, 0.29) is 17.1 Å². The Balaban J connectivity index is 2.66. The van der Waals surface area contributed by atoms with Crippen LogP contribution >= 0.6 is 0 Å². The summed E-state index contributed by atoms with van der Waals surface area (Å²) in [4.78, 5) is 23.5. The summed E-state index contributed by atoms with van der Waals surface area (Å²) in [6, 6.07) is 6.34. The molecular weight excluding hydrogens is 282 g/mol. The summed E-state index contributed by atoms with van der Waals surface area (Å²) in [5.41, 5.74) is -0.160. The molecule has 0 heterocycles. The molecule has 0 saturated heterocycles. The zero-order valence-electron chi connectivity index (χ0n) is 14.0. The van der Waals surface area contributed by atoms with Crippen LogP contribution in [0.4, 0.5) is 15.3 Å². The highest BCUT2D eigenvalue weighted by Gasteiger charge is 2.16. The number of urea groups is 1. The number of rotatable bonds is 2. The third-order valence-corrected chi connectivity index (χ3v) is 2.27. The predicted molar refractivity (Wildman–Crippen MR) is 87.3 cm³/mol. The monoisotopic (exact) mass is 307 g/mol. The maximum absolute atomic E-state index is 11.8. The largest absolute Gasteiger partial charge is 0.413 e. The molecule has 1 rings (SSSR count). The average molecular weight is 307 g/mol. The third kappa shape index (κ3) is 7.52. The molecule has 0 aliphatic carbocycles. The van der Waals surface area contributed by atoms with Gasteiger partial charge in [-0.05, 0) is 53.7 Å². The lowest BCUT2D eigenvalue weighted by Gasteiger charge is -2.21. The Morgan fingerprint density at radius 3 is 2.09 bits per heavy atom. The van der Waals surface area contributed by atoms with E-state index in [9.17, 15) is 9.59 Å². The molecule has 6 heteroatoms. The summed E-state index contributed by atoms with van der Waals surface area (Å²) in [6.07, 6.45) is -0.538. The molecule has 0 aliphatic heterocycles. The summed E-state index contributed by atoms with van der Waals surface area (Å²) < 4.78 is 5.19. The van der Waals surface area contributed by atoms with Crippen LogP contribution < -0.4 is 20.7 Å². The minimum Gasteiger partial charge on any atom is -0.410 e. The quantitative estimate of drug-likeness (QED) is 0.782. The van der Waals surface area contributed by atoms with Crippen molar-refractivity contribution in [2.75, 3.05) is 5.32 Å². The number of carbonyl (C=O) groups excluding carboxylic acids is 2. The van der Waals surface area contributed by atoms with E-state index in [1.807, 2.05) is 41.5 Å². The smallest absolute Gasteiger partial charge is 0.410 e. The second-order valence-electron chi connectivity index (χ2n) is 7.12. The van der Waals surface area contributed by atoms with Gasteiger partial charge in [-0.25, -0.2) is 9.59 Å². The number of carbonyl (C=O) groups is 2. The molecule has 0 radical (unpaired) electrons. The van der Waals surface area contributed by atoms with Crippen LogP contribution in [0.15, 0.2) is 24.3 Å². The fourth-order valence-electron chi connectivity index (χ4n) is 1.58. The standard InChI is InChI=1S/C16H25N3O3/c1-15(2,3)18-13(20)17-11-8-7-9-12(10-11)22-14(21)19-16(4,5)6/h7-10H,1-6H3,(H,19,21)(H2,17,18,20). The molecule has 6 nitrogen and oxygen atoms in total. The Hall–Kier alpha value is -2.24. The molecule has 1 aromatic carbocycles. The van der Waals surface area contributed by atoms with E-state index in [2.05, 4.69) is 16.0 Å². The Morgan fingerprint density at radius 1 is 0.955 bits per heavy atom. The lowest BCUT2D eigenvalue weighted by molar-refractivity contribution is 0.190. The fourth-order valence-corrected chi connectivity index (χ4v) is 1.58. The normalized spacial score (nSPS) is 11.5. The number of benzene rings is 1. The molecule has 0 spiro atoms. The van der Waals surface area contributed by atoms with E-state index in [0.29, 0.717) is 11.4 Å². The van der Waals surface area contributed by atoms with Crippen LogP contribution in [0.5, 0.6) is 5.75 Å². The second-order valence-corrected chi connectivity index (χ2v) is 7.12. The molecule has 0 aliphatic rings. The van der Waals surface area contributed by atoms with Crippen molar-refractivity contribution >= 4 is 17.8 Å². The highest BCUT2D eigenvalue weighted by molar-refractivity contribution is 5.90. The van der Waals surface area contributed by atoms with E-state index >= 15 is 0 Å². The van der Waals surface area contributed by atoms with E-state index in [4.69, 9.17) is 4.74 Å². The number of nitrogens with one attached hydrogen (secondary N) is 3. The lowest BCUT2D eigenvalue weighted by atomic mass is 10.1. The van der Waals surface area contributed by atoms with Gasteiger partial charge in [-0.2, -0.15) is 0 Å². The van der Waals surface area contributed by atoms with Gasteiger partial charge in [0.2, 0.25) is 0 Å². The van der Waals surface area contributed by atoms with Crippen molar-refractivity contribution in [1.29, 1.82) is 0 Å². The van der Waals surface area contributed by atoms with Gasteiger partial charge in [-0.1, -0.05) is 6.07 Å². The Bertz CT molecular complexity index is 497. The van der Waals surface area contributed by atoms with Crippen LogP contribution in [0.1, 0.15) is 41.5 Å². The molecular formula is C16H25N3O3. The maximum Gasteiger partial charge on any atom is 0.413 e. The van der Waals surface area contributed by atoms with Gasteiger partial charge in [0.1, 0.15) is 5.75 Å². The highest BCUT2D eigenvalue weighted by atomic mass is 16.6. The molecule has 0 saturated carbocycles. The minimum absolute atomic E-state index is 0.316. The molecule has 0 bridgehead atoms. The molecule has 3 amide bonds. The Labute approximate surface area is 131 Å². The number of anilines is 1. The van der Waals surface area contributed by atoms with Crippen molar-refractivity contribution in [3.63, 3.8) is 0 Å². The second kappa shape index (κ2) is 6.68. The molecule has 1 aromatic rings. The Kier molecular flexibility index (Phi) is 5.41. The van der Waals surface area contributed by atoms with Crippen LogP contribution in [-0.2, 0) is 0 Å². The highest BCUT2D eigenvalue weighted by Crippen LogP contribution is 2.18. The van der Waals surface area contributed by atoms with Gasteiger partial charge in [0.15, 0.2) is 0 Å². The van der Waals surface area contributed by atoms with Crippen molar-refractivity contribution in [2.24, 2.45) is 0 Å². The molecule has 0 fully saturated rings. The summed E-state index contributed by atoms with van der Waals surface area (Å²) in [5, 5.41) is 8.19. The number of hydrogen-bond donors (Lipinski definition) is 3. The van der Waals surface area contributed by atoms with E-state index < -0.39 is 6.09 Å². The molecule has 3 N–H and O–H groups in total. The Morgan fingerprint density at radius 2 is 1.55 bits per heavy atom. The summed E-state index contributed by atoms with van der Waals surface area (Å²) in [7, 11) is 0. The van der Waals surface area contributed by atoms with Gasteiger partial charge in [0, 0.05) is 22.8 Å². The molecule has 22 heavy (non-hydrogen) atoms. The van der Waals surface area contributed by atoms with Gasteiger partial charge in [-0.15, -0.1) is 0 Å². The van der Waals surface area contributed by atoms with Crippen LogP contribution in [0.25, 0.3) is 0 Å².